The Kier molecular flexibility index (Phi) is 3.77. The molecule has 2 aliphatic rings. The van der Waals surface area contributed by atoms with Crippen LogP contribution < -0.4 is 4.74 Å². The highest BCUT2D eigenvalue weighted by Crippen LogP contribution is 2.48. The van der Waals surface area contributed by atoms with Crippen LogP contribution in [0.3, 0.4) is 0 Å². The fourth-order valence-electron chi connectivity index (χ4n) is 2.36. The summed E-state index contributed by atoms with van der Waals surface area (Å²) in [4.78, 5) is 13.2. The molecule has 1 aliphatic carbocycles. The molecule has 5 nitrogen and oxygen atoms in total. The standard InChI is InChI=1S/C14H14Cl2FN3O2/c1-7(2)22-12-5-9(11(17)6-10(12)15)14(16)19-18-13(21)20(14)8-3-4-8/h5-8H,3-4H2,1-2H3. The summed E-state index contributed by atoms with van der Waals surface area (Å²) >= 11 is 12.5. The number of rotatable bonds is 4. The third-order valence-corrected chi connectivity index (χ3v) is 4.19. The van der Waals surface area contributed by atoms with E-state index in [9.17, 15) is 9.18 Å². The molecule has 1 fully saturated rings. The highest BCUT2D eigenvalue weighted by atomic mass is 35.5. The highest BCUT2D eigenvalue weighted by Gasteiger charge is 2.53. The van der Waals surface area contributed by atoms with Crippen molar-refractivity contribution in [3.63, 3.8) is 0 Å². The summed E-state index contributed by atoms with van der Waals surface area (Å²) in [7, 11) is 0. The molecule has 22 heavy (non-hydrogen) atoms. The number of carbonyl (C=O) groups is 1. The van der Waals surface area contributed by atoms with Gasteiger partial charge >= 0.3 is 6.03 Å². The first-order valence-electron chi connectivity index (χ1n) is 6.94. The van der Waals surface area contributed by atoms with E-state index in [1.807, 2.05) is 13.8 Å². The topological polar surface area (TPSA) is 54.3 Å². The summed E-state index contributed by atoms with van der Waals surface area (Å²) in [6, 6.07) is 1.88. The van der Waals surface area contributed by atoms with Gasteiger partial charge in [0.15, 0.2) is 0 Å². The second-order valence-corrected chi connectivity index (χ2v) is 6.53. The third-order valence-electron chi connectivity index (χ3n) is 3.43. The molecule has 1 aromatic rings. The van der Waals surface area contributed by atoms with Crippen molar-refractivity contribution in [2.45, 2.75) is 44.0 Å². The lowest BCUT2D eigenvalue weighted by atomic mass is 10.1. The lowest BCUT2D eigenvalue weighted by molar-refractivity contribution is 0.181. The van der Waals surface area contributed by atoms with Crippen molar-refractivity contribution >= 4 is 29.2 Å². The smallest absolute Gasteiger partial charge is 0.365 e. The number of carbonyl (C=O) groups excluding carboxylic acids is 1. The molecule has 2 amide bonds. The second kappa shape index (κ2) is 5.35. The van der Waals surface area contributed by atoms with Crippen molar-refractivity contribution in [2.24, 2.45) is 10.2 Å². The monoisotopic (exact) mass is 345 g/mol. The van der Waals surface area contributed by atoms with E-state index < -0.39 is 17.0 Å². The molecule has 1 aromatic carbocycles. The van der Waals surface area contributed by atoms with Crippen LogP contribution in [0, 0.1) is 5.82 Å². The first-order valence-corrected chi connectivity index (χ1v) is 7.70. The van der Waals surface area contributed by atoms with E-state index in [1.54, 1.807) is 0 Å². The maximum atomic E-state index is 14.4. The van der Waals surface area contributed by atoms with Gasteiger partial charge in [0.1, 0.15) is 11.6 Å². The molecule has 1 saturated carbocycles. The van der Waals surface area contributed by atoms with Crippen molar-refractivity contribution in [3.8, 4) is 5.75 Å². The lowest BCUT2D eigenvalue weighted by Gasteiger charge is -2.30. The number of alkyl halides is 1. The van der Waals surface area contributed by atoms with E-state index in [-0.39, 0.29) is 22.7 Å². The van der Waals surface area contributed by atoms with Gasteiger partial charge in [-0.15, -0.1) is 5.11 Å². The fourth-order valence-corrected chi connectivity index (χ4v) is 2.95. The van der Waals surface area contributed by atoms with Crippen LogP contribution in [-0.2, 0) is 5.12 Å². The van der Waals surface area contributed by atoms with Gasteiger partial charge in [0.25, 0.3) is 5.12 Å². The number of amides is 2. The van der Waals surface area contributed by atoms with E-state index in [2.05, 4.69) is 10.2 Å². The molecular weight excluding hydrogens is 332 g/mol. The Balaban J connectivity index is 2.06. The average Bonchev–Trinajstić information content (AvgIpc) is 3.19. The first-order chi connectivity index (χ1) is 10.3. The molecule has 1 heterocycles. The molecule has 0 bridgehead atoms. The van der Waals surface area contributed by atoms with Gasteiger partial charge in [-0.2, -0.15) is 0 Å². The number of urea groups is 1. The molecule has 0 N–H and O–H groups in total. The van der Waals surface area contributed by atoms with Crippen LogP contribution in [0.15, 0.2) is 22.4 Å². The van der Waals surface area contributed by atoms with Gasteiger partial charge in [0.2, 0.25) is 0 Å². The molecule has 8 heteroatoms. The van der Waals surface area contributed by atoms with Gasteiger partial charge in [-0.25, -0.2) is 9.18 Å². The average molecular weight is 346 g/mol. The molecular formula is C14H14Cl2FN3O2. The summed E-state index contributed by atoms with van der Waals surface area (Å²) < 4.78 is 19.9. The number of hydrogen-bond donors (Lipinski definition) is 0. The zero-order chi connectivity index (χ0) is 16.1. The molecule has 118 valence electrons. The second-order valence-electron chi connectivity index (χ2n) is 5.60. The Bertz CT molecular complexity index is 664. The SMILES string of the molecule is CC(C)Oc1cc(C2(Cl)N=NC(=O)N2C2CC2)c(F)cc1Cl. The minimum absolute atomic E-state index is 0.00992. The summed E-state index contributed by atoms with van der Waals surface area (Å²) in [6.45, 7) is 3.65. The van der Waals surface area contributed by atoms with E-state index in [4.69, 9.17) is 27.9 Å². The molecule has 0 radical (unpaired) electrons. The van der Waals surface area contributed by atoms with Crippen LogP contribution in [0.1, 0.15) is 32.3 Å². The Morgan fingerprint density at radius 3 is 2.73 bits per heavy atom. The van der Waals surface area contributed by atoms with Gasteiger partial charge in [-0.1, -0.05) is 28.3 Å². The zero-order valence-corrected chi connectivity index (χ0v) is 13.5. The van der Waals surface area contributed by atoms with Crippen molar-refractivity contribution in [1.82, 2.24) is 4.90 Å². The normalized spacial score (nSPS) is 24.5. The third kappa shape index (κ3) is 2.54. The summed E-state index contributed by atoms with van der Waals surface area (Å²) in [5, 5.41) is 5.76. The van der Waals surface area contributed by atoms with E-state index in [1.165, 1.54) is 11.0 Å². The Morgan fingerprint density at radius 1 is 1.45 bits per heavy atom. The van der Waals surface area contributed by atoms with E-state index in [0.717, 1.165) is 18.9 Å². The molecule has 3 rings (SSSR count). The largest absolute Gasteiger partial charge is 0.489 e. The fraction of sp³-hybridized carbons (Fsp3) is 0.500. The number of halogens is 3. The molecule has 0 saturated heterocycles. The van der Waals surface area contributed by atoms with Crippen molar-refractivity contribution in [3.05, 3.63) is 28.5 Å². The van der Waals surface area contributed by atoms with Crippen molar-refractivity contribution in [1.29, 1.82) is 0 Å². The van der Waals surface area contributed by atoms with Gasteiger partial charge in [-0.3, -0.25) is 4.90 Å². The number of azo groups is 1. The zero-order valence-electron chi connectivity index (χ0n) is 12.0. The minimum atomic E-state index is -1.68. The molecule has 0 aromatic heterocycles. The number of ether oxygens (including phenoxy) is 1. The van der Waals surface area contributed by atoms with E-state index >= 15 is 0 Å². The molecule has 1 unspecified atom stereocenters. The van der Waals surface area contributed by atoms with Crippen molar-refractivity contribution in [2.75, 3.05) is 0 Å². The van der Waals surface area contributed by atoms with E-state index in [0.29, 0.717) is 5.75 Å². The maximum Gasteiger partial charge on any atom is 0.365 e. The lowest BCUT2D eigenvalue weighted by Crippen LogP contribution is -2.41. The van der Waals surface area contributed by atoms with Gasteiger partial charge in [-0.05, 0) is 38.8 Å². The maximum absolute atomic E-state index is 14.4. The van der Waals surface area contributed by atoms with Crippen LogP contribution in [0.2, 0.25) is 5.02 Å². The molecule has 1 atom stereocenters. The summed E-state index contributed by atoms with van der Waals surface area (Å²) in [6.07, 6.45) is 1.46. The van der Waals surface area contributed by atoms with Crippen LogP contribution in [-0.4, -0.2) is 23.1 Å². The number of nitrogens with zero attached hydrogens (tertiary/aromatic N) is 3. The minimum Gasteiger partial charge on any atom is -0.489 e. The van der Waals surface area contributed by atoms with Gasteiger partial charge < -0.3 is 4.74 Å². The van der Waals surface area contributed by atoms with Crippen molar-refractivity contribution < 1.29 is 13.9 Å². The molecule has 0 spiro atoms. The molecule has 1 aliphatic heterocycles. The quantitative estimate of drug-likeness (QED) is 0.588. The Labute approximate surface area is 137 Å². The predicted molar refractivity (Wildman–Crippen MR) is 79.8 cm³/mol. The van der Waals surface area contributed by atoms with Crippen LogP contribution in [0.25, 0.3) is 0 Å². The number of hydrogen-bond acceptors (Lipinski definition) is 3. The summed E-state index contributed by atoms with van der Waals surface area (Å²) in [5.74, 6) is -0.367. The Hall–Kier alpha value is -1.40. The number of benzene rings is 1. The predicted octanol–water partition coefficient (Wildman–Crippen LogP) is 4.67. The Morgan fingerprint density at radius 2 is 2.14 bits per heavy atom. The summed E-state index contributed by atoms with van der Waals surface area (Å²) in [5.41, 5.74) is 0.00992. The van der Waals surface area contributed by atoms with Crippen LogP contribution in [0.5, 0.6) is 5.75 Å². The van der Waals surface area contributed by atoms with Crippen LogP contribution in [0.4, 0.5) is 9.18 Å². The van der Waals surface area contributed by atoms with Crippen LogP contribution >= 0.6 is 23.2 Å². The van der Waals surface area contributed by atoms with Gasteiger partial charge in [0.05, 0.1) is 16.7 Å². The van der Waals surface area contributed by atoms with Gasteiger partial charge in [0, 0.05) is 6.04 Å². The highest BCUT2D eigenvalue weighted by molar-refractivity contribution is 6.32. The first kappa shape index (κ1) is 15.5.